The van der Waals surface area contributed by atoms with Gasteiger partial charge in [0.2, 0.25) is 0 Å². The van der Waals surface area contributed by atoms with Crippen molar-refractivity contribution in [1.29, 1.82) is 0 Å². The van der Waals surface area contributed by atoms with Crippen molar-refractivity contribution in [2.45, 2.75) is 20.0 Å². The van der Waals surface area contributed by atoms with Crippen LogP contribution in [-0.2, 0) is 0 Å². The van der Waals surface area contributed by atoms with Gasteiger partial charge < -0.3 is 10.1 Å². The normalized spacial score (nSPS) is 12.0. The molecule has 3 heterocycles. The fourth-order valence-electron chi connectivity index (χ4n) is 1.84. The van der Waals surface area contributed by atoms with Crippen LogP contribution in [0.25, 0.3) is 0 Å². The number of nitrogens with one attached hydrogen (secondary N) is 2. The number of hydrogen-bond acceptors (Lipinski definition) is 7. The number of aromatic amines is 1. The Hall–Kier alpha value is -2.81. The third kappa shape index (κ3) is 3.74. The lowest BCUT2D eigenvalue weighted by atomic mass is 10.4. The molecule has 124 valence electrons. The van der Waals surface area contributed by atoms with Gasteiger partial charge in [0, 0.05) is 11.8 Å². The molecule has 0 aliphatic carbocycles. The van der Waals surface area contributed by atoms with Crippen LogP contribution in [0.5, 0.6) is 6.01 Å². The van der Waals surface area contributed by atoms with Gasteiger partial charge in [-0.2, -0.15) is 10.1 Å². The maximum absolute atomic E-state index is 12.9. The zero-order valence-electron chi connectivity index (χ0n) is 12.8. The molecule has 0 unspecified atom stereocenters. The first-order valence-electron chi connectivity index (χ1n) is 6.97. The molecule has 0 aliphatic heterocycles. The number of anilines is 2. The van der Waals surface area contributed by atoms with E-state index >= 15 is 0 Å². The monoisotopic (exact) mass is 349 g/mol. The lowest BCUT2D eigenvalue weighted by molar-refractivity contribution is 0.197. The Morgan fingerprint density at radius 1 is 1.25 bits per heavy atom. The summed E-state index contributed by atoms with van der Waals surface area (Å²) in [6, 6.07) is 1.88. The van der Waals surface area contributed by atoms with E-state index < -0.39 is 11.9 Å². The van der Waals surface area contributed by atoms with Crippen molar-refractivity contribution >= 4 is 23.2 Å². The zero-order chi connectivity index (χ0) is 17.1. The molecule has 10 heteroatoms. The van der Waals surface area contributed by atoms with E-state index in [-0.39, 0.29) is 6.01 Å². The van der Waals surface area contributed by atoms with E-state index in [9.17, 15) is 4.39 Å². The predicted octanol–water partition coefficient (Wildman–Crippen LogP) is 2.97. The zero-order valence-corrected chi connectivity index (χ0v) is 13.5. The first-order valence-corrected chi connectivity index (χ1v) is 7.35. The Morgan fingerprint density at radius 3 is 2.67 bits per heavy atom. The standard InChI is InChI=1S/C14H13ClFN7O/c1-7-3-11(23-22-7)20-13-10(15)6-19-14(21-13)24-8(2)12-17-4-9(16)5-18-12/h3-6,8H,1-2H3,(H2,19,20,21,22,23)/t8-/m1/s1. The fourth-order valence-corrected chi connectivity index (χ4v) is 1.98. The number of hydrogen-bond donors (Lipinski definition) is 2. The Balaban J connectivity index is 1.76. The van der Waals surface area contributed by atoms with E-state index in [2.05, 4.69) is 35.5 Å². The Labute approximate surface area is 141 Å². The first-order chi connectivity index (χ1) is 11.5. The van der Waals surface area contributed by atoms with Crippen LogP contribution in [0.3, 0.4) is 0 Å². The summed E-state index contributed by atoms with van der Waals surface area (Å²) in [7, 11) is 0. The molecule has 0 bridgehead atoms. The van der Waals surface area contributed by atoms with E-state index in [1.54, 1.807) is 13.0 Å². The molecule has 0 aliphatic rings. The summed E-state index contributed by atoms with van der Waals surface area (Å²) in [4.78, 5) is 15.9. The van der Waals surface area contributed by atoms with E-state index in [0.717, 1.165) is 18.1 Å². The third-order valence-corrected chi connectivity index (χ3v) is 3.24. The number of halogens is 2. The molecule has 2 N–H and O–H groups in total. The molecule has 1 atom stereocenters. The molecule has 8 nitrogen and oxygen atoms in total. The molecule has 0 radical (unpaired) electrons. The summed E-state index contributed by atoms with van der Waals surface area (Å²) >= 11 is 6.08. The van der Waals surface area contributed by atoms with Crippen molar-refractivity contribution in [3.8, 4) is 6.01 Å². The second-order valence-corrected chi connectivity index (χ2v) is 5.34. The summed E-state index contributed by atoms with van der Waals surface area (Å²) < 4.78 is 18.4. The highest BCUT2D eigenvalue weighted by Gasteiger charge is 2.14. The molecule has 0 saturated heterocycles. The quantitative estimate of drug-likeness (QED) is 0.730. The molecule has 3 aromatic rings. The minimum atomic E-state index is -0.563. The summed E-state index contributed by atoms with van der Waals surface area (Å²) in [6.45, 7) is 3.58. The molecule has 3 rings (SSSR count). The van der Waals surface area contributed by atoms with E-state index in [4.69, 9.17) is 16.3 Å². The molecule has 0 aromatic carbocycles. The minimum absolute atomic E-state index is 0.0783. The van der Waals surface area contributed by atoms with Crippen LogP contribution in [0, 0.1) is 12.7 Å². The summed E-state index contributed by atoms with van der Waals surface area (Å²) in [6.07, 6.45) is 2.98. The number of rotatable bonds is 5. The van der Waals surface area contributed by atoms with Crippen molar-refractivity contribution in [3.05, 3.63) is 47.0 Å². The topological polar surface area (TPSA) is 102 Å². The van der Waals surface area contributed by atoms with Crippen molar-refractivity contribution in [1.82, 2.24) is 30.1 Å². The van der Waals surface area contributed by atoms with Crippen molar-refractivity contribution in [2.75, 3.05) is 5.32 Å². The van der Waals surface area contributed by atoms with Gasteiger partial charge in [-0.1, -0.05) is 11.6 Å². The van der Waals surface area contributed by atoms with Gasteiger partial charge in [-0.3, -0.25) is 5.10 Å². The van der Waals surface area contributed by atoms with Gasteiger partial charge in [0.1, 0.15) is 5.02 Å². The largest absolute Gasteiger partial charge is 0.452 e. The van der Waals surface area contributed by atoms with Crippen LogP contribution in [0.15, 0.2) is 24.7 Å². The molecule has 0 fully saturated rings. The van der Waals surface area contributed by atoms with E-state index in [0.29, 0.717) is 22.5 Å². The van der Waals surface area contributed by atoms with E-state index in [1.807, 2.05) is 6.92 Å². The van der Waals surface area contributed by atoms with Crippen LogP contribution in [0.2, 0.25) is 5.02 Å². The Kier molecular flexibility index (Phi) is 4.52. The number of nitrogens with zero attached hydrogens (tertiary/aromatic N) is 5. The lowest BCUT2D eigenvalue weighted by Crippen LogP contribution is -2.10. The van der Waals surface area contributed by atoms with Crippen LogP contribution >= 0.6 is 11.6 Å². The van der Waals surface area contributed by atoms with Crippen LogP contribution in [-0.4, -0.2) is 30.1 Å². The second-order valence-electron chi connectivity index (χ2n) is 4.93. The number of H-pyrrole nitrogens is 1. The average Bonchev–Trinajstić information content (AvgIpc) is 2.96. The second kappa shape index (κ2) is 6.75. The molecule has 0 spiro atoms. The summed E-state index contributed by atoms with van der Waals surface area (Å²) in [5, 5.41) is 10.1. The number of aryl methyl sites for hydroxylation is 1. The maximum atomic E-state index is 12.9. The number of aromatic nitrogens is 6. The molecular weight excluding hydrogens is 337 g/mol. The van der Waals surface area contributed by atoms with E-state index in [1.165, 1.54) is 6.20 Å². The third-order valence-electron chi connectivity index (χ3n) is 2.96. The SMILES string of the molecule is Cc1cc(Nc2nc(O[C@H](C)c3ncc(F)cn3)ncc2Cl)n[nH]1. The molecule has 24 heavy (non-hydrogen) atoms. The Morgan fingerprint density at radius 2 is 2.00 bits per heavy atom. The van der Waals surface area contributed by atoms with Crippen molar-refractivity contribution < 1.29 is 9.13 Å². The predicted molar refractivity (Wildman–Crippen MR) is 84.7 cm³/mol. The van der Waals surface area contributed by atoms with Gasteiger partial charge in [-0.25, -0.2) is 19.3 Å². The number of ether oxygens (including phenoxy) is 1. The van der Waals surface area contributed by atoms with Crippen molar-refractivity contribution in [3.63, 3.8) is 0 Å². The lowest BCUT2D eigenvalue weighted by Gasteiger charge is -2.12. The summed E-state index contributed by atoms with van der Waals surface area (Å²) in [5.74, 6) is 0.705. The molecule has 3 aromatic heterocycles. The van der Waals surface area contributed by atoms with Gasteiger partial charge >= 0.3 is 6.01 Å². The molecular formula is C14H13ClFN7O. The Bertz CT molecular complexity index is 839. The summed E-state index contributed by atoms with van der Waals surface area (Å²) in [5.41, 5.74) is 0.890. The van der Waals surface area contributed by atoms with Gasteiger partial charge in [-0.05, 0) is 13.8 Å². The van der Waals surface area contributed by atoms with Gasteiger partial charge in [-0.15, -0.1) is 0 Å². The fraction of sp³-hybridized carbons (Fsp3) is 0.214. The highest BCUT2D eigenvalue weighted by Crippen LogP contribution is 2.25. The van der Waals surface area contributed by atoms with Gasteiger partial charge in [0.05, 0.1) is 18.6 Å². The minimum Gasteiger partial charge on any atom is -0.452 e. The van der Waals surface area contributed by atoms with Gasteiger partial charge in [0.15, 0.2) is 29.4 Å². The van der Waals surface area contributed by atoms with Crippen LogP contribution in [0.4, 0.5) is 16.0 Å². The van der Waals surface area contributed by atoms with Crippen molar-refractivity contribution in [2.24, 2.45) is 0 Å². The molecule has 0 amide bonds. The van der Waals surface area contributed by atoms with Crippen LogP contribution in [0.1, 0.15) is 24.5 Å². The van der Waals surface area contributed by atoms with Gasteiger partial charge in [0.25, 0.3) is 0 Å². The average molecular weight is 350 g/mol. The smallest absolute Gasteiger partial charge is 0.319 e. The first kappa shape index (κ1) is 16.1. The van der Waals surface area contributed by atoms with Crippen LogP contribution < -0.4 is 10.1 Å². The maximum Gasteiger partial charge on any atom is 0.319 e. The highest BCUT2D eigenvalue weighted by atomic mass is 35.5. The molecule has 0 saturated carbocycles. The highest BCUT2D eigenvalue weighted by molar-refractivity contribution is 6.32.